The SMILES string of the molecule is CCC(=O)OCC(=O)[C@@]1(OC(=O)CC)[C@@H](C)C[C@H]2[C@@H]3C[C@H](C)C4=CC(=O)C=C[C@]4(C)[C@@]3(F)[C@@H](O)C[C@@]21C. The number of aliphatic hydroxyl groups is 1. The lowest BCUT2D eigenvalue weighted by Crippen LogP contribution is -2.70. The van der Waals surface area contributed by atoms with Crippen molar-refractivity contribution in [2.24, 2.45) is 34.5 Å². The Morgan fingerprint density at radius 3 is 2.35 bits per heavy atom. The molecule has 7 nitrogen and oxygen atoms in total. The van der Waals surface area contributed by atoms with Crippen LogP contribution in [0.15, 0.2) is 23.8 Å². The summed E-state index contributed by atoms with van der Waals surface area (Å²) in [4.78, 5) is 50.6. The van der Waals surface area contributed by atoms with Gasteiger partial charge in [0.15, 0.2) is 23.7 Å². The highest BCUT2D eigenvalue weighted by Crippen LogP contribution is 2.72. The highest BCUT2D eigenvalue weighted by atomic mass is 19.1. The third kappa shape index (κ3) is 3.61. The molecule has 4 aliphatic carbocycles. The predicted molar refractivity (Wildman–Crippen MR) is 133 cm³/mol. The lowest BCUT2D eigenvalue weighted by Gasteiger charge is -2.63. The molecule has 0 aliphatic heterocycles. The molecule has 0 aromatic rings. The van der Waals surface area contributed by atoms with Crippen molar-refractivity contribution in [1.82, 2.24) is 0 Å². The Bertz CT molecular complexity index is 1080. The van der Waals surface area contributed by atoms with Crippen molar-refractivity contribution in [2.75, 3.05) is 6.61 Å². The number of carbonyl (C=O) groups excluding carboxylic acids is 4. The zero-order valence-corrected chi connectivity index (χ0v) is 22.6. The Labute approximate surface area is 217 Å². The highest BCUT2D eigenvalue weighted by Gasteiger charge is 2.77. The van der Waals surface area contributed by atoms with E-state index in [0.717, 1.165) is 0 Å². The first-order chi connectivity index (χ1) is 17.2. The van der Waals surface area contributed by atoms with Gasteiger partial charge in [0.25, 0.3) is 0 Å². The van der Waals surface area contributed by atoms with Crippen LogP contribution in [0.1, 0.15) is 73.6 Å². The van der Waals surface area contributed by atoms with Crippen LogP contribution >= 0.6 is 0 Å². The Morgan fingerprint density at radius 2 is 1.73 bits per heavy atom. The fourth-order valence-corrected chi connectivity index (χ4v) is 8.40. The Kier molecular flexibility index (Phi) is 6.84. The highest BCUT2D eigenvalue weighted by molar-refractivity contribution is 6.01. The summed E-state index contributed by atoms with van der Waals surface area (Å²) in [6.45, 7) is 10.0. The van der Waals surface area contributed by atoms with Gasteiger partial charge in [-0.3, -0.25) is 19.2 Å². The molecule has 9 atom stereocenters. The number of rotatable bonds is 6. The van der Waals surface area contributed by atoms with Crippen molar-refractivity contribution in [2.45, 2.75) is 91.0 Å². The van der Waals surface area contributed by atoms with Crippen molar-refractivity contribution in [1.29, 1.82) is 0 Å². The minimum Gasteiger partial charge on any atom is -0.457 e. The quantitative estimate of drug-likeness (QED) is 0.529. The minimum absolute atomic E-state index is 0.0400. The lowest BCUT2D eigenvalue weighted by atomic mass is 9.43. The molecule has 0 aromatic carbocycles. The molecule has 1 N–H and O–H groups in total. The van der Waals surface area contributed by atoms with Gasteiger partial charge in [0, 0.05) is 35.5 Å². The number of aliphatic hydroxyl groups excluding tert-OH is 1. The molecular formula is C29H39FO7. The second-order valence-corrected chi connectivity index (χ2v) is 11.9. The minimum atomic E-state index is -2.07. The maximum absolute atomic E-state index is 17.5. The average molecular weight is 519 g/mol. The molecule has 8 heteroatoms. The van der Waals surface area contributed by atoms with E-state index in [1.807, 2.05) is 20.8 Å². The van der Waals surface area contributed by atoms with E-state index < -0.39 is 70.3 Å². The largest absolute Gasteiger partial charge is 0.457 e. The molecule has 0 saturated heterocycles. The second kappa shape index (κ2) is 9.14. The number of hydrogen-bond donors (Lipinski definition) is 1. The van der Waals surface area contributed by atoms with Crippen LogP contribution in [-0.4, -0.2) is 52.6 Å². The molecule has 204 valence electrons. The number of hydrogen-bond acceptors (Lipinski definition) is 7. The number of alkyl halides is 1. The molecule has 0 bridgehead atoms. The summed E-state index contributed by atoms with van der Waals surface area (Å²) in [6, 6.07) is 0. The van der Waals surface area contributed by atoms with E-state index >= 15 is 4.39 Å². The van der Waals surface area contributed by atoms with Gasteiger partial charge in [-0.05, 0) is 50.2 Å². The molecule has 0 radical (unpaired) electrons. The van der Waals surface area contributed by atoms with E-state index in [2.05, 4.69) is 0 Å². The zero-order chi connectivity index (χ0) is 27.6. The molecule has 3 fully saturated rings. The summed E-state index contributed by atoms with van der Waals surface area (Å²) in [5.41, 5.74) is -5.33. The van der Waals surface area contributed by atoms with Crippen LogP contribution in [0.25, 0.3) is 0 Å². The van der Waals surface area contributed by atoms with Crippen molar-refractivity contribution in [3.8, 4) is 0 Å². The molecule has 4 rings (SSSR count). The van der Waals surface area contributed by atoms with Crippen molar-refractivity contribution in [3.05, 3.63) is 23.8 Å². The van der Waals surface area contributed by atoms with Gasteiger partial charge in [0.05, 0.1) is 6.10 Å². The van der Waals surface area contributed by atoms with Crippen LogP contribution in [0.5, 0.6) is 0 Å². The molecule has 0 aromatic heterocycles. The van der Waals surface area contributed by atoms with Crippen molar-refractivity contribution in [3.63, 3.8) is 0 Å². The number of Topliss-reactive ketones (excluding diaryl/α,β-unsaturated/α-hetero) is 1. The van der Waals surface area contributed by atoms with Crippen LogP contribution in [0, 0.1) is 34.5 Å². The average Bonchev–Trinajstić information content (AvgIpc) is 3.07. The van der Waals surface area contributed by atoms with Crippen LogP contribution < -0.4 is 0 Å². The predicted octanol–water partition coefficient (Wildman–Crippen LogP) is 4.06. The Balaban J connectivity index is 1.83. The van der Waals surface area contributed by atoms with E-state index in [1.54, 1.807) is 26.8 Å². The molecule has 3 saturated carbocycles. The van der Waals surface area contributed by atoms with Gasteiger partial charge in [0.1, 0.15) is 0 Å². The third-order valence-corrected chi connectivity index (χ3v) is 10.1. The van der Waals surface area contributed by atoms with Crippen molar-refractivity contribution < 1.29 is 38.1 Å². The summed E-state index contributed by atoms with van der Waals surface area (Å²) in [5.74, 6) is -3.48. The summed E-state index contributed by atoms with van der Waals surface area (Å²) >= 11 is 0. The number of ketones is 2. The first-order valence-corrected chi connectivity index (χ1v) is 13.5. The number of ether oxygens (including phenoxy) is 2. The first-order valence-electron chi connectivity index (χ1n) is 13.5. The maximum atomic E-state index is 17.5. The Morgan fingerprint density at radius 1 is 1.08 bits per heavy atom. The maximum Gasteiger partial charge on any atom is 0.306 e. The van der Waals surface area contributed by atoms with Crippen molar-refractivity contribution >= 4 is 23.5 Å². The number of halogens is 1. The normalized spacial score (nSPS) is 44.3. The monoisotopic (exact) mass is 518 g/mol. The second-order valence-electron chi connectivity index (χ2n) is 11.9. The zero-order valence-electron chi connectivity index (χ0n) is 22.6. The van der Waals surface area contributed by atoms with Crippen LogP contribution in [-0.2, 0) is 28.7 Å². The molecule has 0 amide bonds. The number of esters is 2. The van der Waals surface area contributed by atoms with Gasteiger partial charge in [0.2, 0.25) is 5.78 Å². The molecule has 37 heavy (non-hydrogen) atoms. The molecule has 0 spiro atoms. The summed E-state index contributed by atoms with van der Waals surface area (Å²) in [7, 11) is 0. The van der Waals surface area contributed by atoms with Gasteiger partial charge in [-0.1, -0.05) is 46.3 Å². The Hall–Kier alpha value is -2.35. The fourth-order valence-electron chi connectivity index (χ4n) is 8.40. The van der Waals surface area contributed by atoms with Crippen LogP contribution in [0.4, 0.5) is 4.39 Å². The van der Waals surface area contributed by atoms with Gasteiger partial charge in [-0.2, -0.15) is 0 Å². The van der Waals surface area contributed by atoms with E-state index in [4.69, 9.17) is 9.47 Å². The van der Waals surface area contributed by atoms with Gasteiger partial charge in [-0.15, -0.1) is 0 Å². The van der Waals surface area contributed by atoms with Crippen LogP contribution in [0.3, 0.4) is 0 Å². The molecular weight excluding hydrogens is 479 g/mol. The van der Waals surface area contributed by atoms with Gasteiger partial charge < -0.3 is 14.6 Å². The molecule has 4 aliphatic rings. The number of fused-ring (bicyclic) bond motifs is 5. The van der Waals surface area contributed by atoms with E-state index in [9.17, 15) is 24.3 Å². The first kappa shape index (κ1) is 27.7. The van der Waals surface area contributed by atoms with E-state index in [1.165, 1.54) is 12.2 Å². The van der Waals surface area contributed by atoms with E-state index in [-0.39, 0.29) is 31.0 Å². The summed E-state index contributed by atoms with van der Waals surface area (Å²) < 4.78 is 28.7. The summed E-state index contributed by atoms with van der Waals surface area (Å²) in [5, 5.41) is 11.6. The topological polar surface area (TPSA) is 107 Å². The van der Waals surface area contributed by atoms with Crippen LogP contribution in [0.2, 0.25) is 0 Å². The standard InChI is InChI=1S/C29H39FO7/c1-7-24(34)36-15-23(33)29(37-25(35)8-2)17(4)12-20-21-11-16(3)19-13-18(31)9-10-26(19,5)28(21,30)22(32)14-27(20,29)6/h9-10,13,16-17,20-22,32H,7-8,11-12,14-15H2,1-6H3/t16-,17-,20-,21-,22-,26-,27-,28-,29-/m0/s1. The smallest absolute Gasteiger partial charge is 0.306 e. The lowest BCUT2D eigenvalue weighted by molar-refractivity contribution is -0.231. The summed E-state index contributed by atoms with van der Waals surface area (Å²) in [6.07, 6.45) is 3.81. The third-order valence-electron chi connectivity index (χ3n) is 10.1. The van der Waals surface area contributed by atoms with E-state index in [0.29, 0.717) is 18.4 Å². The van der Waals surface area contributed by atoms with Gasteiger partial charge in [-0.25, -0.2) is 4.39 Å². The number of carbonyl (C=O) groups is 4. The fraction of sp³-hybridized carbons (Fsp3) is 0.724. The number of allylic oxidation sites excluding steroid dienone is 4. The van der Waals surface area contributed by atoms with Gasteiger partial charge >= 0.3 is 11.9 Å². The molecule has 0 unspecified atom stereocenters. The molecule has 0 heterocycles.